The molecule has 31 heavy (non-hydrogen) atoms. The van der Waals surface area contributed by atoms with E-state index in [0.29, 0.717) is 35.9 Å². The van der Waals surface area contributed by atoms with Gasteiger partial charge in [-0.2, -0.15) is 0 Å². The molecule has 2 aromatic heterocycles. The van der Waals surface area contributed by atoms with Gasteiger partial charge in [-0.3, -0.25) is 14.6 Å². The van der Waals surface area contributed by atoms with Crippen molar-refractivity contribution in [3.8, 4) is 28.3 Å². The summed E-state index contributed by atoms with van der Waals surface area (Å²) < 4.78 is 0. The lowest BCUT2D eigenvalue weighted by atomic mass is 9.91. The summed E-state index contributed by atoms with van der Waals surface area (Å²) >= 11 is 5.96. The number of benzene rings is 1. The molecule has 9 heteroatoms. The van der Waals surface area contributed by atoms with Crippen molar-refractivity contribution in [3.63, 3.8) is 0 Å². The van der Waals surface area contributed by atoms with Crippen LogP contribution in [-0.2, 0) is 15.0 Å². The van der Waals surface area contributed by atoms with Crippen LogP contribution in [0, 0.1) is 0 Å². The van der Waals surface area contributed by atoms with Crippen molar-refractivity contribution in [2.45, 2.75) is 26.2 Å². The van der Waals surface area contributed by atoms with E-state index in [2.05, 4.69) is 20.6 Å². The molecule has 3 aromatic rings. The van der Waals surface area contributed by atoms with Crippen LogP contribution >= 0.6 is 11.6 Å². The van der Waals surface area contributed by atoms with Crippen LogP contribution in [0.25, 0.3) is 22.5 Å². The zero-order valence-corrected chi connectivity index (χ0v) is 18.2. The van der Waals surface area contributed by atoms with Crippen molar-refractivity contribution in [3.05, 3.63) is 53.6 Å². The number of aromatic hydroxyl groups is 1. The molecule has 8 nitrogen and oxygen atoms in total. The Balaban J connectivity index is 1.97. The second kappa shape index (κ2) is 9.18. The van der Waals surface area contributed by atoms with Crippen molar-refractivity contribution in [1.82, 2.24) is 25.6 Å². The smallest absolute Gasteiger partial charge is 0.233 e. The Morgan fingerprint density at radius 3 is 2.42 bits per heavy atom. The molecule has 0 bridgehead atoms. The number of aromatic nitrogens is 3. The predicted octanol–water partition coefficient (Wildman–Crippen LogP) is 3.03. The second-order valence-corrected chi connectivity index (χ2v) is 7.98. The molecule has 2 heterocycles. The van der Waals surface area contributed by atoms with Crippen molar-refractivity contribution in [2.24, 2.45) is 0 Å². The van der Waals surface area contributed by atoms with Crippen LogP contribution in [0.15, 0.2) is 42.7 Å². The van der Waals surface area contributed by atoms with E-state index in [9.17, 15) is 14.7 Å². The van der Waals surface area contributed by atoms with Gasteiger partial charge in [0.15, 0.2) is 0 Å². The van der Waals surface area contributed by atoms with Crippen LogP contribution in [0.3, 0.4) is 0 Å². The van der Waals surface area contributed by atoms with Gasteiger partial charge in [-0.05, 0) is 38.1 Å². The summed E-state index contributed by atoms with van der Waals surface area (Å²) in [5.41, 5.74) is 1.77. The lowest BCUT2D eigenvalue weighted by Crippen LogP contribution is -2.43. The number of phenolic OH excluding ortho intramolecular Hbond substituents is 1. The molecule has 3 rings (SSSR count). The van der Waals surface area contributed by atoms with Gasteiger partial charge >= 0.3 is 0 Å². The van der Waals surface area contributed by atoms with Crippen LogP contribution in [0.1, 0.15) is 26.6 Å². The van der Waals surface area contributed by atoms with Gasteiger partial charge < -0.3 is 20.7 Å². The lowest BCUT2D eigenvalue weighted by molar-refractivity contribution is -0.126. The number of nitrogens with zero attached hydrogens (tertiary/aromatic N) is 2. The Hall–Kier alpha value is -3.39. The molecule has 2 amide bonds. The third kappa shape index (κ3) is 5.03. The van der Waals surface area contributed by atoms with Gasteiger partial charge in [0.05, 0.1) is 16.4 Å². The molecule has 1 aromatic carbocycles. The third-order valence-corrected chi connectivity index (χ3v) is 5.16. The van der Waals surface area contributed by atoms with Gasteiger partial charge in [-0.25, -0.2) is 4.98 Å². The van der Waals surface area contributed by atoms with Gasteiger partial charge in [-0.15, -0.1) is 0 Å². The second-order valence-electron chi connectivity index (χ2n) is 7.57. The fourth-order valence-corrected chi connectivity index (χ4v) is 3.13. The third-order valence-electron chi connectivity index (χ3n) is 4.84. The summed E-state index contributed by atoms with van der Waals surface area (Å²) in [5, 5.41) is 15.8. The van der Waals surface area contributed by atoms with Gasteiger partial charge in [0.2, 0.25) is 11.8 Å². The highest BCUT2D eigenvalue weighted by Crippen LogP contribution is 2.36. The van der Waals surface area contributed by atoms with Gasteiger partial charge in [-0.1, -0.05) is 17.7 Å². The normalized spacial score (nSPS) is 11.2. The van der Waals surface area contributed by atoms with Crippen molar-refractivity contribution in [2.75, 3.05) is 13.1 Å². The Labute approximate surface area is 185 Å². The van der Waals surface area contributed by atoms with Crippen molar-refractivity contribution >= 4 is 23.4 Å². The minimum atomic E-state index is -0.981. The Morgan fingerprint density at radius 1 is 1.10 bits per heavy atom. The Bertz CT molecular complexity index is 1100. The fourth-order valence-electron chi connectivity index (χ4n) is 3.01. The number of carbonyl (C=O) groups is 2. The Morgan fingerprint density at radius 2 is 1.77 bits per heavy atom. The van der Waals surface area contributed by atoms with Crippen LogP contribution < -0.4 is 10.6 Å². The fraction of sp³-hybridized carbons (Fsp3) is 0.273. The van der Waals surface area contributed by atoms with Crippen molar-refractivity contribution in [1.29, 1.82) is 0 Å². The molecule has 0 radical (unpaired) electrons. The molecule has 162 valence electrons. The number of nitrogens with one attached hydrogen (secondary N) is 3. The summed E-state index contributed by atoms with van der Waals surface area (Å²) in [6.07, 6.45) is 3.33. The van der Waals surface area contributed by atoms with Gasteiger partial charge in [0, 0.05) is 43.5 Å². The summed E-state index contributed by atoms with van der Waals surface area (Å²) in [6, 6.07) is 8.55. The quantitative estimate of drug-likeness (QED) is 0.420. The number of pyridine rings is 1. The first-order chi connectivity index (χ1) is 14.7. The van der Waals surface area contributed by atoms with E-state index in [1.165, 1.54) is 13.0 Å². The molecule has 0 spiro atoms. The molecule has 0 fully saturated rings. The number of hydrogen-bond donors (Lipinski definition) is 4. The number of H-pyrrole nitrogens is 1. The van der Waals surface area contributed by atoms with E-state index in [0.717, 1.165) is 5.56 Å². The molecule has 0 aliphatic heterocycles. The first-order valence-corrected chi connectivity index (χ1v) is 10.1. The number of phenols is 1. The monoisotopic (exact) mass is 441 g/mol. The van der Waals surface area contributed by atoms with E-state index in [4.69, 9.17) is 16.6 Å². The number of carbonyl (C=O) groups excluding carboxylic acids is 2. The minimum Gasteiger partial charge on any atom is -0.506 e. The number of rotatable bonds is 7. The van der Waals surface area contributed by atoms with Crippen LogP contribution in [-0.4, -0.2) is 45.0 Å². The molecule has 0 saturated carbocycles. The van der Waals surface area contributed by atoms with Crippen molar-refractivity contribution < 1.29 is 14.7 Å². The molecular formula is C22H24ClN5O3. The van der Waals surface area contributed by atoms with E-state index >= 15 is 0 Å². The number of aromatic amines is 1. The maximum Gasteiger partial charge on any atom is 0.233 e. The topological polar surface area (TPSA) is 120 Å². The lowest BCUT2D eigenvalue weighted by Gasteiger charge is -2.21. The molecule has 0 aliphatic carbocycles. The summed E-state index contributed by atoms with van der Waals surface area (Å²) in [7, 11) is 0. The molecular weight excluding hydrogens is 418 g/mol. The maximum absolute atomic E-state index is 12.9. The summed E-state index contributed by atoms with van der Waals surface area (Å²) in [5.74, 6) is 0.0101. The molecule has 4 N–H and O–H groups in total. The highest BCUT2D eigenvalue weighted by molar-refractivity contribution is 6.32. The van der Waals surface area contributed by atoms with Crippen LogP contribution in [0.4, 0.5) is 0 Å². The van der Waals surface area contributed by atoms with E-state index < -0.39 is 5.41 Å². The number of hydrogen-bond acceptors (Lipinski definition) is 5. The molecule has 0 unspecified atom stereocenters. The highest BCUT2D eigenvalue weighted by Gasteiger charge is 2.34. The van der Waals surface area contributed by atoms with E-state index in [1.54, 1.807) is 38.4 Å². The SMILES string of the molecule is CC(=O)NCCNC(=O)C(C)(C)c1nc(-c2ccc(Cl)c(O)c2)c(-c2ccncc2)[nH]1. The highest BCUT2D eigenvalue weighted by atomic mass is 35.5. The zero-order valence-electron chi connectivity index (χ0n) is 17.5. The van der Waals surface area contributed by atoms with E-state index in [1.807, 2.05) is 12.1 Å². The zero-order chi connectivity index (χ0) is 22.6. The van der Waals surface area contributed by atoms with Gasteiger partial charge in [0.1, 0.15) is 17.0 Å². The van der Waals surface area contributed by atoms with E-state index in [-0.39, 0.29) is 22.6 Å². The first kappa shape index (κ1) is 22.3. The maximum atomic E-state index is 12.9. The van der Waals surface area contributed by atoms with Crippen LogP contribution in [0.2, 0.25) is 5.02 Å². The predicted molar refractivity (Wildman–Crippen MR) is 119 cm³/mol. The summed E-state index contributed by atoms with van der Waals surface area (Å²) in [6.45, 7) is 5.59. The average molecular weight is 442 g/mol. The first-order valence-electron chi connectivity index (χ1n) is 9.72. The number of halogens is 1. The summed E-state index contributed by atoms with van der Waals surface area (Å²) in [4.78, 5) is 35.9. The largest absolute Gasteiger partial charge is 0.506 e. The number of amides is 2. The molecule has 0 aliphatic rings. The molecule has 0 atom stereocenters. The Kier molecular flexibility index (Phi) is 6.60. The van der Waals surface area contributed by atoms with Crippen LogP contribution in [0.5, 0.6) is 5.75 Å². The minimum absolute atomic E-state index is 0.0561. The van der Waals surface area contributed by atoms with Gasteiger partial charge in [0.25, 0.3) is 0 Å². The molecule has 0 saturated heterocycles. The standard InChI is InChI=1S/C22H24ClN5O3/c1-13(29)25-10-11-26-21(31)22(2,3)20-27-18(14-6-8-24-9-7-14)19(28-20)15-4-5-16(23)17(30)12-15/h4-9,12,30H,10-11H2,1-3H3,(H,25,29)(H,26,31)(H,27,28). The number of imidazole rings is 1. The average Bonchev–Trinajstić information content (AvgIpc) is 3.20.